The van der Waals surface area contributed by atoms with Gasteiger partial charge in [-0.15, -0.1) is 0 Å². The Bertz CT molecular complexity index is 339. The zero-order valence-electron chi connectivity index (χ0n) is 7.88. The van der Waals surface area contributed by atoms with E-state index in [1.54, 1.807) is 19.1 Å². The first-order valence-corrected chi connectivity index (χ1v) is 5.41. The molecule has 1 rings (SSSR count). The second kappa shape index (κ2) is 5.00. The lowest BCUT2D eigenvalue weighted by molar-refractivity contribution is 0.0955. The number of carbonyl (C=O) groups is 1. The number of phenols is 1. The van der Waals surface area contributed by atoms with Gasteiger partial charge in [-0.05, 0) is 30.7 Å². The van der Waals surface area contributed by atoms with Gasteiger partial charge in [-0.3, -0.25) is 4.79 Å². The Kier molecular flexibility index (Phi) is 3.95. The fraction of sp³-hybridized carbons (Fsp3) is 0.300. The van der Waals surface area contributed by atoms with Gasteiger partial charge in [0.25, 0.3) is 5.91 Å². The summed E-state index contributed by atoms with van der Waals surface area (Å²) in [4.78, 5) is 11.5. The van der Waals surface area contributed by atoms with Crippen molar-refractivity contribution in [3.8, 4) is 5.75 Å². The first-order valence-electron chi connectivity index (χ1n) is 4.29. The highest BCUT2D eigenvalue weighted by molar-refractivity contribution is 9.09. The third-order valence-corrected chi connectivity index (χ3v) is 2.23. The third-order valence-electron chi connectivity index (χ3n) is 1.83. The standard InChI is InChI=1S/C10H12BrNO2/c1-7-6-8(13)2-3-9(7)10(14)12-5-4-11/h2-3,6,13H,4-5H2,1H3,(H,12,14). The summed E-state index contributed by atoms with van der Waals surface area (Å²) in [6, 6.07) is 4.70. The molecule has 0 aliphatic rings. The first-order chi connectivity index (χ1) is 6.65. The van der Waals surface area contributed by atoms with Crippen LogP contribution in [-0.4, -0.2) is 22.9 Å². The van der Waals surface area contributed by atoms with Crippen molar-refractivity contribution in [1.29, 1.82) is 0 Å². The highest BCUT2D eigenvalue weighted by atomic mass is 79.9. The lowest BCUT2D eigenvalue weighted by Gasteiger charge is -2.06. The summed E-state index contributed by atoms with van der Waals surface area (Å²) in [7, 11) is 0. The molecular weight excluding hydrogens is 246 g/mol. The molecule has 0 saturated carbocycles. The molecule has 1 aromatic carbocycles. The molecule has 0 saturated heterocycles. The van der Waals surface area contributed by atoms with E-state index < -0.39 is 0 Å². The molecule has 0 bridgehead atoms. The van der Waals surface area contributed by atoms with Gasteiger partial charge in [-0.1, -0.05) is 15.9 Å². The number of rotatable bonds is 3. The highest BCUT2D eigenvalue weighted by Gasteiger charge is 2.07. The second-order valence-electron chi connectivity index (χ2n) is 2.94. The number of amides is 1. The molecule has 14 heavy (non-hydrogen) atoms. The van der Waals surface area contributed by atoms with E-state index in [-0.39, 0.29) is 11.7 Å². The minimum Gasteiger partial charge on any atom is -0.508 e. The molecule has 0 aliphatic carbocycles. The van der Waals surface area contributed by atoms with Crippen LogP contribution in [0, 0.1) is 6.92 Å². The Hall–Kier alpha value is -1.03. The molecular formula is C10H12BrNO2. The molecule has 4 heteroatoms. The van der Waals surface area contributed by atoms with Crippen molar-refractivity contribution in [2.24, 2.45) is 0 Å². The lowest BCUT2D eigenvalue weighted by Crippen LogP contribution is -2.25. The van der Waals surface area contributed by atoms with E-state index in [0.29, 0.717) is 12.1 Å². The van der Waals surface area contributed by atoms with Crippen LogP contribution in [0.4, 0.5) is 0 Å². The number of benzene rings is 1. The summed E-state index contributed by atoms with van der Waals surface area (Å²) in [5.74, 6) is 0.0708. The Balaban J connectivity index is 2.80. The van der Waals surface area contributed by atoms with Gasteiger partial charge < -0.3 is 10.4 Å². The van der Waals surface area contributed by atoms with Gasteiger partial charge in [-0.25, -0.2) is 0 Å². The average Bonchev–Trinajstić information content (AvgIpc) is 2.14. The van der Waals surface area contributed by atoms with Crippen LogP contribution in [0.15, 0.2) is 18.2 Å². The monoisotopic (exact) mass is 257 g/mol. The van der Waals surface area contributed by atoms with Gasteiger partial charge in [0.15, 0.2) is 0 Å². The maximum absolute atomic E-state index is 11.5. The van der Waals surface area contributed by atoms with Crippen molar-refractivity contribution in [3.63, 3.8) is 0 Å². The number of alkyl halides is 1. The van der Waals surface area contributed by atoms with Crippen molar-refractivity contribution in [2.75, 3.05) is 11.9 Å². The quantitative estimate of drug-likeness (QED) is 0.812. The summed E-state index contributed by atoms with van der Waals surface area (Å²) in [5.41, 5.74) is 1.38. The van der Waals surface area contributed by atoms with E-state index in [2.05, 4.69) is 21.2 Å². The minimum absolute atomic E-state index is 0.109. The minimum atomic E-state index is -0.109. The zero-order chi connectivity index (χ0) is 10.6. The maximum Gasteiger partial charge on any atom is 0.251 e. The smallest absolute Gasteiger partial charge is 0.251 e. The van der Waals surface area contributed by atoms with Crippen LogP contribution in [-0.2, 0) is 0 Å². The van der Waals surface area contributed by atoms with Crippen LogP contribution in [0.3, 0.4) is 0 Å². The predicted molar refractivity (Wildman–Crippen MR) is 59.0 cm³/mol. The number of aromatic hydroxyl groups is 1. The number of aryl methyl sites for hydroxylation is 1. The van der Waals surface area contributed by atoms with E-state index in [1.165, 1.54) is 6.07 Å². The molecule has 0 aliphatic heterocycles. The number of hydrogen-bond acceptors (Lipinski definition) is 2. The average molecular weight is 258 g/mol. The first kappa shape index (κ1) is 11.0. The van der Waals surface area contributed by atoms with Crippen LogP contribution in [0.1, 0.15) is 15.9 Å². The van der Waals surface area contributed by atoms with Crippen molar-refractivity contribution in [1.82, 2.24) is 5.32 Å². The summed E-state index contributed by atoms with van der Waals surface area (Å²) in [6.45, 7) is 2.39. The normalized spacial score (nSPS) is 9.86. The number of hydrogen-bond donors (Lipinski definition) is 2. The maximum atomic E-state index is 11.5. The predicted octanol–water partition coefficient (Wildman–Crippen LogP) is 1.83. The molecule has 1 aromatic rings. The molecule has 0 radical (unpaired) electrons. The van der Waals surface area contributed by atoms with Crippen LogP contribution in [0.2, 0.25) is 0 Å². The number of halogens is 1. The van der Waals surface area contributed by atoms with Gasteiger partial charge in [0.1, 0.15) is 5.75 Å². The van der Waals surface area contributed by atoms with Crippen LogP contribution in [0.5, 0.6) is 5.75 Å². The molecule has 2 N–H and O–H groups in total. The van der Waals surface area contributed by atoms with Crippen molar-refractivity contribution < 1.29 is 9.90 Å². The second-order valence-corrected chi connectivity index (χ2v) is 3.74. The van der Waals surface area contributed by atoms with E-state index in [1.807, 2.05) is 0 Å². The molecule has 1 amide bonds. The molecule has 76 valence electrons. The van der Waals surface area contributed by atoms with E-state index >= 15 is 0 Å². The number of nitrogens with one attached hydrogen (secondary N) is 1. The highest BCUT2D eigenvalue weighted by Crippen LogP contribution is 2.15. The fourth-order valence-electron chi connectivity index (χ4n) is 1.16. The zero-order valence-corrected chi connectivity index (χ0v) is 9.47. The van der Waals surface area contributed by atoms with Crippen LogP contribution >= 0.6 is 15.9 Å². The SMILES string of the molecule is Cc1cc(O)ccc1C(=O)NCCBr. The topological polar surface area (TPSA) is 49.3 Å². The Morgan fingerprint density at radius 1 is 1.57 bits per heavy atom. The van der Waals surface area contributed by atoms with Gasteiger partial charge >= 0.3 is 0 Å². The summed E-state index contributed by atoms with van der Waals surface area (Å²) >= 11 is 3.23. The van der Waals surface area contributed by atoms with Gasteiger partial charge in [0, 0.05) is 17.4 Å². The molecule has 3 nitrogen and oxygen atoms in total. The molecule has 0 unspecified atom stereocenters. The Morgan fingerprint density at radius 2 is 2.29 bits per heavy atom. The van der Waals surface area contributed by atoms with E-state index in [9.17, 15) is 4.79 Å². The Labute approximate surface area is 91.3 Å². The van der Waals surface area contributed by atoms with E-state index in [0.717, 1.165) is 10.9 Å². The van der Waals surface area contributed by atoms with Gasteiger partial charge in [0.05, 0.1) is 0 Å². The van der Waals surface area contributed by atoms with Crippen molar-refractivity contribution >= 4 is 21.8 Å². The largest absolute Gasteiger partial charge is 0.508 e. The summed E-state index contributed by atoms with van der Waals surface area (Å²) in [5, 5.41) is 12.6. The summed E-state index contributed by atoms with van der Waals surface area (Å²) in [6.07, 6.45) is 0. The Morgan fingerprint density at radius 3 is 2.86 bits per heavy atom. The van der Waals surface area contributed by atoms with Crippen LogP contribution < -0.4 is 5.32 Å². The number of phenolic OH excluding ortho intramolecular Hbond substituents is 1. The van der Waals surface area contributed by atoms with E-state index in [4.69, 9.17) is 5.11 Å². The molecule has 0 atom stereocenters. The summed E-state index contributed by atoms with van der Waals surface area (Å²) < 4.78 is 0. The molecule has 0 heterocycles. The fourth-order valence-corrected chi connectivity index (χ4v) is 1.36. The van der Waals surface area contributed by atoms with Gasteiger partial charge in [0.2, 0.25) is 0 Å². The molecule has 0 spiro atoms. The van der Waals surface area contributed by atoms with Crippen molar-refractivity contribution in [2.45, 2.75) is 6.92 Å². The number of carbonyl (C=O) groups excluding carboxylic acids is 1. The molecule has 0 aromatic heterocycles. The lowest BCUT2D eigenvalue weighted by atomic mass is 10.1. The van der Waals surface area contributed by atoms with Crippen LogP contribution in [0.25, 0.3) is 0 Å². The van der Waals surface area contributed by atoms with Gasteiger partial charge in [-0.2, -0.15) is 0 Å². The third kappa shape index (κ3) is 2.73. The van der Waals surface area contributed by atoms with Crippen molar-refractivity contribution in [3.05, 3.63) is 29.3 Å². The molecule has 0 fully saturated rings.